The van der Waals surface area contributed by atoms with Gasteiger partial charge in [0, 0.05) is 39.0 Å². The third kappa shape index (κ3) is 2.91. The molecule has 0 radical (unpaired) electrons. The zero-order chi connectivity index (χ0) is 17.4. The number of rotatable bonds is 3. The van der Waals surface area contributed by atoms with E-state index in [4.69, 9.17) is 0 Å². The molecule has 24 heavy (non-hydrogen) atoms. The molecule has 8 heteroatoms. The van der Waals surface area contributed by atoms with Crippen LogP contribution >= 0.6 is 0 Å². The number of hydrogen-bond donors (Lipinski definition) is 1. The van der Waals surface area contributed by atoms with Crippen LogP contribution < -0.4 is 5.32 Å². The van der Waals surface area contributed by atoms with Gasteiger partial charge < -0.3 is 10.2 Å². The maximum absolute atomic E-state index is 12.8. The van der Waals surface area contributed by atoms with Crippen molar-refractivity contribution in [2.24, 2.45) is 7.05 Å². The highest BCUT2D eigenvalue weighted by Crippen LogP contribution is 2.25. The lowest BCUT2D eigenvalue weighted by atomic mass is 10.1. The van der Waals surface area contributed by atoms with Gasteiger partial charge in [0.1, 0.15) is 0 Å². The van der Waals surface area contributed by atoms with E-state index in [1.54, 1.807) is 17.1 Å². The lowest BCUT2D eigenvalue weighted by molar-refractivity contribution is -0.114. The molecule has 2 aromatic heterocycles. The number of carbonyl (C=O) groups is 2. The summed E-state index contributed by atoms with van der Waals surface area (Å²) in [7, 11) is 1.85. The lowest BCUT2D eigenvalue weighted by Gasteiger charge is -2.17. The molecule has 1 fully saturated rings. The van der Waals surface area contributed by atoms with Crippen molar-refractivity contribution in [1.82, 2.24) is 24.5 Å². The van der Waals surface area contributed by atoms with E-state index in [0.717, 1.165) is 17.8 Å². The Hall–Kier alpha value is -2.64. The van der Waals surface area contributed by atoms with E-state index < -0.39 is 0 Å². The third-order valence-corrected chi connectivity index (χ3v) is 4.47. The second kappa shape index (κ2) is 6.10. The van der Waals surface area contributed by atoms with E-state index >= 15 is 0 Å². The minimum Gasteiger partial charge on any atom is -0.336 e. The van der Waals surface area contributed by atoms with Gasteiger partial charge in [0.15, 0.2) is 0 Å². The van der Waals surface area contributed by atoms with Gasteiger partial charge in [-0.15, -0.1) is 0 Å². The molecule has 3 rings (SSSR count). The molecule has 8 nitrogen and oxygen atoms in total. The van der Waals surface area contributed by atoms with Crippen LogP contribution in [0.15, 0.2) is 12.4 Å². The summed E-state index contributed by atoms with van der Waals surface area (Å²) in [6.07, 6.45) is 4.27. The van der Waals surface area contributed by atoms with Crippen LogP contribution in [-0.2, 0) is 11.8 Å². The molecule has 0 spiro atoms. The molecular weight excluding hydrogens is 308 g/mol. The monoisotopic (exact) mass is 330 g/mol. The predicted octanol–water partition coefficient (Wildman–Crippen LogP) is 1.28. The number of likely N-dealkylation sites (tertiary alicyclic amines) is 1. The first-order valence-corrected chi connectivity index (χ1v) is 7.98. The number of nitrogens with one attached hydrogen (secondary N) is 1. The summed E-state index contributed by atoms with van der Waals surface area (Å²) in [6, 6.07) is 0.119. The maximum atomic E-state index is 12.8. The zero-order valence-corrected chi connectivity index (χ0v) is 14.4. The Morgan fingerprint density at radius 3 is 2.71 bits per heavy atom. The van der Waals surface area contributed by atoms with Crippen LogP contribution in [0, 0.1) is 13.8 Å². The summed E-state index contributed by atoms with van der Waals surface area (Å²) in [5, 5.41) is 11.3. The number of amides is 2. The summed E-state index contributed by atoms with van der Waals surface area (Å²) >= 11 is 0. The Kier molecular flexibility index (Phi) is 4.13. The number of aromatic nitrogens is 4. The van der Waals surface area contributed by atoms with Crippen LogP contribution in [0.5, 0.6) is 0 Å². The van der Waals surface area contributed by atoms with Gasteiger partial charge in [-0.2, -0.15) is 10.2 Å². The summed E-state index contributed by atoms with van der Waals surface area (Å²) in [5.74, 6) is -0.102. The number of carbonyl (C=O) groups excluding carboxylic acids is 2. The predicted molar refractivity (Wildman–Crippen MR) is 88.8 cm³/mol. The van der Waals surface area contributed by atoms with E-state index in [2.05, 4.69) is 15.5 Å². The van der Waals surface area contributed by atoms with Crippen molar-refractivity contribution in [3.63, 3.8) is 0 Å². The molecular formula is C16H22N6O2. The highest BCUT2D eigenvalue weighted by atomic mass is 16.2. The number of hydrogen-bond acceptors (Lipinski definition) is 4. The second-order valence-corrected chi connectivity index (χ2v) is 6.25. The minimum absolute atomic E-state index is 0.0230. The van der Waals surface area contributed by atoms with E-state index in [1.165, 1.54) is 6.92 Å². The number of anilines is 1. The molecule has 1 unspecified atom stereocenters. The minimum atomic E-state index is -0.125. The maximum Gasteiger partial charge on any atom is 0.257 e. The van der Waals surface area contributed by atoms with E-state index in [9.17, 15) is 9.59 Å². The first-order chi connectivity index (χ1) is 11.4. The quantitative estimate of drug-likeness (QED) is 0.918. The van der Waals surface area contributed by atoms with Crippen molar-refractivity contribution in [3.8, 4) is 0 Å². The average Bonchev–Trinajstić information content (AvgIpc) is 3.19. The molecule has 0 bridgehead atoms. The smallest absolute Gasteiger partial charge is 0.257 e. The van der Waals surface area contributed by atoms with Crippen molar-refractivity contribution in [2.45, 2.75) is 33.2 Å². The molecule has 128 valence electrons. The molecule has 0 aromatic carbocycles. The number of nitrogens with zero attached hydrogens (tertiary/aromatic N) is 5. The fraction of sp³-hybridized carbons (Fsp3) is 0.500. The van der Waals surface area contributed by atoms with Gasteiger partial charge in [0.2, 0.25) is 5.91 Å². The molecule has 1 atom stereocenters. The van der Waals surface area contributed by atoms with Gasteiger partial charge in [-0.25, -0.2) is 0 Å². The molecule has 2 amide bonds. The second-order valence-electron chi connectivity index (χ2n) is 6.25. The van der Waals surface area contributed by atoms with Gasteiger partial charge in [-0.3, -0.25) is 19.0 Å². The van der Waals surface area contributed by atoms with Gasteiger partial charge in [0.25, 0.3) is 5.91 Å². The first kappa shape index (κ1) is 16.2. The summed E-state index contributed by atoms with van der Waals surface area (Å²) < 4.78 is 3.56. The molecule has 1 aliphatic heterocycles. The van der Waals surface area contributed by atoms with E-state index in [0.29, 0.717) is 24.3 Å². The highest BCUT2D eigenvalue weighted by Gasteiger charge is 2.31. The van der Waals surface area contributed by atoms with Crippen molar-refractivity contribution >= 4 is 17.5 Å². The van der Waals surface area contributed by atoms with E-state index in [-0.39, 0.29) is 17.9 Å². The average molecular weight is 330 g/mol. The topological polar surface area (TPSA) is 85.1 Å². The Morgan fingerprint density at radius 1 is 1.33 bits per heavy atom. The normalized spacial score (nSPS) is 17.3. The van der Waals surface area contributed by atoms with Crippen LogP contribution in [-0.4, -0.2) is 49.4 Å². The van der Waals surface area contributed by atoms with Crippen LogP contribution in [0.4, 0.5) is 5.69 Å². The van der Waals surface area contributed by atoms with Gasteiger partial charge >= 0.3 is 0 Å². The van der Waals surface area contributed by atoms with Crippen LogP contribution in [0.2, 0.25) is 0 Å². The summed E-state index contributed by atoms with van der Waals surface area (Å²) in [4.78, 5) is 25.8. The van der Waals surface area contributed by atoms with Crippen LogP contribution in [0.25, 0.3) is 0 Å². The fourth-order valence-corrected chi connectivity index (χ4v) is 3.19. The number of aryl methyl sites for hydroxylation is 2. The highest BCUT2D eigenvalue weighted by molar-refractivity contribution is 5.96. The SMILES string of the molecule is CC(=O)Nc1cnn(C2CCN(C(=O)c3c(C)nn(C)c3C)C2)c1. The Balaban J connectivity index is 1.72. The molecule has 3 heterocycles. The lowest BCUT2D eigenvalue weighted by Crippen LogP contribution is -2.30. The van der Waals surface area contributed by atoms with Crippen molar-refractivity contribution < 1.29 is 9.59 Å². The summed E-state index contributed by atoms with van der Waals surface area (Å²) in [6.45, 7) is 6.53. The molecule has 1 N–H and O–H groups in total. The first-order valence-electron chi connectivity index (χ1n) is 7.98. The molecule has 1 aliphatic rings. The molecule has 0 aliphatic carbocycles. The van der Waals surface area contributed by atoms with Gasteiger partial charge in [-0.05, 0) is 20.3 Å². The Morgan fingerprint density at radius 2 is 2.08 bits per heavy atom. The Bertz CT molecular complexity index is 791. The van der Waals surface area contributed by atoms with Crippen molar-refractivity contribution in [3.05, 3.63) is 29.3 Å². The largest absolute Gasteiger partial charge is 0.336 e. The third-order valence-electron chi connectivity index (χ3n) is 4.47. The van der Waals surface area contributed by atoms with Gasteiger partial charge in [0.05, 0.1) is 29.2 Å². The van der Waals surface area contributed by atoms with Crippen molar-refractivity contribution in [1.29, 1.82) is 0 Å². The Labute approximate surface area is 140 Å². The van der Waals surface area contributed by atoms with Crippen LogP contribution in [0.3, 0.4) is 0 Å². The fourth-order valence-electron chi connectivity index (χ4n) is 3.19. The van der Waals surface area contributed by atoms with Crippen LogP contribution in [0.1, 0.15) is 41.1 Å². The summed E-state index contributed by atoms with van der Waals surface area (Å²) in [5.41, 5.74) is 3.01. The standard InChI is InChI=1S/C16H22N6O2/c1-10-15(11(2)20(4)19-10)16(24)21-6-5-14(9-21)22-8-13(7-17-22)18-12(3)23/h7-8,14H,5-6,9H2,1-4H3,(H,18,23). The zero-order valence-electron chi connectivity index (χ0n) is 14.4. The van der Waals surface area contributed by atoms with Gasteiger partial charge in [-0.1, -0.05) is 0 Å². The molecule has 1 saturated heterocycles. The molecule has 0 saturated carbocycles. The van der Waals surface area contributed by atoms with Crippen molar-refractivity contribution in [2.75, 3.05) is 18.4 Å². The molecule has 2 aromatic rings. The van der Waals surface area contributed by atoms with E-state index in [1.807, 2.05) is 30.5 Å².